The number of piperazine rings is 1. The second kappa shape index (κ2) is 8.49. The first kappa shape index (κ1) is 21.2. The monoisotopic (exact) mass is 423 g/mol. The van der Waals surface area contributed by atoms with Gasteiger partial charge in [-0.15, -0.1) is 11.3 Å². The molecule has 0 amide bonds. The number of sulfonamides is 1. The molecule has 6 nitrogen and oxygen atoms in total. The second-order valence-electron chi connectivity index (χ2n) is 7.96. The predicted molar refractivity (Wildman–Crippen MR) is 112 cm³/mol. The molecule has 0 atom stereocenters. The number of nitrogens with zero attached hydrogens (tertiary/aromatic N) is 3. The van der Waals surface area contributed by atoms with E-state index >= 15 is 0 Å². The minimum absolute atomic E-state index is 0.0548. The SMILES string of the molecule is CCOc1ccc(S(=O)(=O)N2CCN(Cc3nc(C(C)(C)C)cs3)CC2)cc1. The van der Waals surface area contributed by atoms with Crippen LogP contribution in [0.4, 0.5) is 0 Å². The lowest BCUT2D eigenvalue weighted by Gasteiger charge is -2.33. The van der Waals surface area contributed by atoms with Crippen molar-refractivity contribution in [2.24, 2.45) is 0 Å². The molecule has 8 heteroatoms. The first-order valence-electron chi connectivity index (χ1n) is 9.60. The summed E-state index contributed by atoms with van der Waals surface area (Å²) in [5.74, 6) is 0.685. The molecule has 1 aromatic carbocycles. The highest BCUT2D eigenvalue weighted by Crippen LogP contribution is 2.25. The van der Waals surface area contributed by atoms with E-state index in [0.717, 1.165) is 17.2 Å². The standard InChI is InChI=1S/C20H29N3O3S2/c1-5-26-16-6-8-17(9-7-16)28(24,25)23-12-10-22(11-13-23)14-19-21-18(15-27-19)20(2,3)4/h6-9,15H,5,10-14H2,1-4H3. The van der Waals surface area contributed by atoms with Crippen molar-refractivity contribution in [3.05, 3.63) is 40.3 Å². The molecular formula is C20H29N3O3S2. The number of benzene rings is 1. The van der Waals surface area contributed by atoms with Crippen molar-refractivity contribution in [2.45, 2.75) is 44.6 Å². The van der Waals surface area contributed by atoms with Crippen LogP contribution >= 0.6 is 11.3 Å². The quantitative estimate of drug-likeness (QED) is 0.713. The molecule has 0 radical (unpaired) electrons. The average molecular weight is 424 g/mol. The summed E-state index contributed by atoms with van der Waals surface area (Å²) in [4.78, 5) is 7.34. The summed E-state index contributed by atoms with van der Waals surface area (Å²) in [6, 6.07) is 6.66. The molecule has 0 N–H and O–H groups in total. The van der Waals surface area contributed by atoms with Gasteiger partial charge in [-0.05, 0) is 31.2 Å². The molecule has 1 saturated heterocycles. The Balaban J connectivity index is 1.59. The third-order valence-electron chi connectivity index (χ3n) is 4.78. The Kier molecular flexibility index (Phi) is 6.44. The third kappa shape index (κ3) is 4.92. The summed E-state index contributed by atoms with van der Waals surface area (Å²) in [5.41, 5.74) is 1.17. The third-order valence-corrected chi connectivity index (χ3v) is 7.53. The van der Waals surface area contributed by atoms with E-state index < -0.39 is 10.0 Å². The molecule has 2 heterocycles. The number of hydrogen-bond donors (Lipinski definition) is 0. The van der Waals surface area contributed by atoms with E-state index in [1.807, 2.05) is 6.92 Å². The van der Waals surface area contributed by atoms with Gasteiger partial charge in [-0.2, -0.15) is 4.31 Å². The van der Waals surface area contributed by atoms with E-state index in [1.165, 1.54) is 0 Å². The number of thiazole rings is 1. The van der Waals surface area contributed by atoms with Gasteiger partial charge in [0.2, 0.25) is 10.0 Å². The summed E-state index contributed by atoms with van der Waals surface area (Å²) < 4.78 is 32.7. The summed E-state index contributed by atoms with van der Waals surface area (Å²) in [5, 5.41) is 3.22. The zero-order valence-electron chi connectivity index (χ0n) is 17.0. The molecule has 0 bridgehead atoms. The highest BCUT2D eigenvalue weighted by Gasteiger charge is 2.29. The highest BCUT2D eigenvalue weighted by atomic mass is 32.2. The molecule has 1 aliphatic heterocycles. The van der Waals surface area contributed by atoms with E-state index in [9.17, 15) is 8.42 Å². The molecule has 28 heavy (non-hydrogen) atoms. The molecule has 0 unspecified atom stereocenters. The topological polar surface area (TPSA) is 62.7 Å². The lowest BCUT2D eigenvalue weighted by atomic mass is 9.93. The van der Waals surface area contributed by atoms with E-state index in [4.69, 9.17) is 9.72 Å². The van der Waals surface area contributed by atoms with Gasteiger partial charge in [0.25, 0.3) is 0 Å². The largest absolute Gasteiger partial charge is 0.494 e. The fourth-order valence-corrected chi connectivity index (χ4v) is 5.56. The van der Waals surface area contributed by atoms with Gasteiger partial charge in [0.05, 0.1) is 23.7 Å². The Labute approximate surface area is 172 Å². The van der Waals surface area contributed by atoms with Crippen molar-refractivity contribution in [2.75, 3.05) is 32.8 Å². The van der Waals surface area contributed by atoms with Crippen molar-refractivity contribution in [1.29, 1.82) is 0 Å². The summed E-state index contributed by atoms with van der Waals surface area (Å²) >= 11 is 1.68. The fourth-order valence-electron chi connectivity index (χ4n) is 3.07. The maximum Gasteiger partial charge on any atom is 0.243 e. The Morgan fingerprint density at radius 1 is 1.11 bits per heavy atom. The van der Waals surface area contributed by atoms with Crippen LogP contribution in [0, 0.1) is 0 Å². The number of rotatable bonds is 6. The van der Waals surface area contributed by atoms with E-state index in [-0.39, 0.29) is 5.41 Å². The Morgan fingerprint density at radius 2 is 1.75 bits per heavy atom. The molecular weight excluding hydrogens is 394 g/mol. The Bertz CT molecular complexity index is 878. The highest BCUT2D eigenvalue weighted by molar-refractivity contribution is 7.89. The second-order valence-corrected chi connectivity index (χ2v) is 10.8. The Morgan fingerprint density at radius 3 is 2.29 bits per heavy atom. The van der Waals surface area contributed by atoms with Gasteiger partial charge in [0.15, 0.2) is 0 Å². The zero-order chi connectivity index (χ0) is 20.4. The number of ether oxygens (including phenoxy) is 1. The van der Waals surface area contributed by atoms with E-state index in [0.29, 0.717) is 43.4 Å². The minimum Gasteiger partial charge on any atom is -0.494 e. The van der Waals surface area contributed by atoms with Crippen molar-refractivity contribution in [3.8, 4) is 5.75 Å². The molecule has 1 aliphatic rings. The summed E-state index contributed by atoms with van der Waals surface area (Å²) in [6.07, 6.45) is 0. The van der Waals surface area contributed by atoms with Crippen LogP contribution in [-0.2, 0) is 22.0 Å². The van der Waals surface area contributed by atoms with Crippen LogP contribution in [0.15, 0.2) is 34.5 Å². The van der Waals surface area contributed by atoms with Crippen LogP contribution < -0.4 is 4.74 Å². The molecule has 154 valence electrons. The van der Waals surface area contributed by atoms with E-state index in [1.54, 1.807) is 39.9 Å². The normalized spacial score (nSPS) is 17.0. The Hall–Kier alpha value is -1.48. The number of hydrogen-bond acceptors (Lipinski definition) is 6. The maximum absolute atomic E-state index is 12.9. The lowest BCUT2D eigenvalue weighted by Crippen LogP contribution is -2.48. The van der Waals surface area contributed by atoms with E-state index in [2.05, 4.69) is 31.1 Å². The molecule has 0 saturated carbocycles. The first-order valence-corrected chi connectivity index (χ1v) is 11.9. The fraction of sp³-hybridized carbons (Fsp3) is 0.550. The van der Waals surface area contributed by atoms with Crippen LogP contribution in [0.25, 0.3) is 0 Å². The molecule has 1 fully saturated rings. The molecule has 1 aromatic heterocycles. The van der Waals surface area contributed by atoms with Gasteiger partial charge >= 0.3 is 0 Å². The van der Waals surface area contributed by atoms with Gasteiger partial charge in [-0.25, -0.2) is 13.4 Å². The zero-order valence-corrected chi connectivity index (χ0v) is 18.6. The first-order chi connectivity index (χ1) is 13.2. The van der Waals surface area contributed by atoms with Gasteiger partial charge < -0.3 is 4.74 Å². The molecule has 3 rings (SSSR count). The van der Waals surface area contributed by atoms with Crippen LogP contribution in [0.3, 0.4) is 0 Å². The van der Waals surface area contributed by atoms with Crippen molar-refractivity contribution in [3.63, 3.8) is 0 Å². The van der Waals surface area contributed by atoms with Crippen LogP contribution in [0.1, 0.15) is 38.4 Å². The minimum atomic E-state index is -3.47. The van der Waals surface area contributed by atoms with Gasteiger partial charge in [0, 0.05) is 37.0 Å². The average Bonchev–Trinajstić information content (AvgIpc) is 3.12. The predicted octanol–water partition coefficient (Wildman–Crippen LogP) is 3.35. The van der Waals surface area contributed by atoms with Gasteiger partial charge in [-0.3, -0.25) is 4.90 Å². The van der Waals surface area contributed by atoms with Crippen molar-refractivity contribution >= 4 is 21.4 Å². The van der Waals surface area contributed by atoms with Crippen LogP contribution in [-0.4, -0.2) is 55.4 Å². The van der Waals surface area contributed by atoms with Crippen molar-refractivity contribution < 1.29 is 13.2 Å². The summed E-state index contributed by atoms with van der Waals surface area (Å²) in [6.45, 7) is 12.1. The molecule has 0 aliphatic carbocycles. The number of aromatic nitrogens is 1. The van der Waals surface area contributed by atoms with Crippen LogP contribution in [0.2, 0.25) is 0 Å². The smallest absolute Gasteiger partial charge is 0.243 e. The maximum atomic E-state index is 12.9. The van der Waals surface area contributed by atoms with Gasteiger partial charge in [-0.1, -0.05) is 20.8 Å². The van der Waals surface area contributed by atoms with Crippen LogP contribution in [0.5, 0.6) is 5.75 Å². The summed E-state index contributed by atoms with van der Waals surface area (Å²) in [7, 11) is -3.47. The van der Waals surface area contributed by atoms with Crippen molar-refractivity contribution in [1.82, 2.24) is 14.2 Å². The lowest BCUT2D eigenvalue weighted by molar-refractivity contribution is 0.181. The molecule has 0 spiro atoms. The molecule has 2 aromatic rings. The van der Waals surface area contributed by atoms with Gasteiger partial charge in [0.1, 0.15) is 10.8 Å².